The van der Waals surface area contributed by atoms with E-state index in [1.165, 1.54) is 77.0 Å². The Hall–Kier alpha value is 0.430. The molecule has 0 bridgehead atoms. The molecule has 21 heavy (non-hydrogen) atoms. The van der Waals surface area contributed by atoms with Gasteiger partial charge in [-0.2, -0.15) is 0 Å². The summed E-state index contributed by atoms with van der Waals surface area (Å²) < 4.78 is 0. The number of carboxylic acid groups (broad SMARTS) is 1. The Kier molecular flexibility index (Phi) is 23.0. The van der Waals surface area contributed by atoms with Crippen LogP contribution in [0.2, 0.25) is 0 Å². The minimum absolute atomic E-state index is 0. The zero-order valence-corrected chi connectivity index (χ0v) is 16.4. The number of nitrogens with one attached hydrogen (secondary N) is 1. The fourth-order valence-electron chi connectivity index (χ4n) is 2.46. The van der Waals surface area contributed by atoms with E-state index < -0.39 is 5.97 Å². The summed E-state index contributed by atoms with van der Waals surface area (Å²) in [6, 6.07) is 0. The summed E-state index contributed by atoms with van der Waals surface area (Å²) in [5, 5.41) is 13.0. The topological polar surface area (TPSA) is 52.2 Å². The molecule has 0 saturated carbocycles. The fourth-order valence-corrected chi connectivity index (χ4v) is 2.46. The number of hydrogen-bond acceptors (Lipinski definition) is 3. The van der Waals surface area contributed by atoms with Gasteiger partial charge >= 0.3 is 29.6 Å². The monoisotopic (exact) mass is 307 g/mol. The molecule has 0 heterocycles. The van der Waals surface area contributed by atoms with Crippen molar-refractivity contribution in [2.75, 3.05) is 13.1 Å². The molecule has 120 valence electrons. The summed E-state index contributed by atoms with van der Waals surface area (Å²) in [5.74, 6) is -1.01. The molecule has 1 N–H and O–H groups in total. The van der Waals surface area contributed by atoms with Gasteiger partial charge in [0.15, 0.2) is 0 Å². The minimum Gasteiger partial charge on any atom is -0.549 e. The molecular formula is C17H34NNaO2. The molecule has 0 amide bonds. The van der Waals surface area contributed by atoms with Gasteiger partial charge < -0.3 is 15.2 Å². The number of carboxylic acids is 1. The number of hydrogen-bond donors (Lipinski definition) is 1. The normalized spacial score (nSPS) is 10.3. The summed E-state index contributed by atoms with van der Waals surface area (Å²) in [6.45, 7) is 3.05. The predicted octanol–water partition coefficient (Wildman–Crippen LogP) is 0.421. The van der Waals surface area contributed by atoms with Crippen LogP contribution in [-0.2, 0) is 4.79 Å². The van der Waals surface area contributed by atoms with Crippen LogP contribution in [0.5, 0.6) is 0 Å². The van der Waals surface area contributed by atoms with Crippen LogP contribution in [0.3, 0.4) is 0 Å². The summed E-state index contributed by atoms with van der Waals surface area (Å²) in [4.78, 5) is 10.2. The van der Waals surface area contributed by atoms with Gasteiger partial charge in [-0.05, 0) is 13.0 Å². The average Bonchev–Trinajstić information content (AvgIpc) is 2.43. The first-order valence-corrected chi connectivity index (χ1v) is 8.68. The molecule has 0 spiro atoms. The first-order chi connectivity index (χ1) is 9.77. The molecular weight excluding hydrogens is 273 g/mol. The second-order valence-corrected chi connectivity index (χ2v) is 5.79. The minimum atomic E-state index is -1.01. The maximum Gasteiger partial charge on any atom is 1.00 e. The van der Waals surface area contributed by atoms with Crippen LogP contribution in [0.1, 0.15) is 90.4 Å². The summed E-state index contributed by atoms with van der Waals surface area (Å²) in [6.07, 6.45) is 17.5. The third-order valence-corrected chi connectivity index (χ3v) is 3.73. The van der Waals surface area contributed by atoms with Crippen LogP contribution >= 0.6 is 0 Å². The van der Waals surface area contributed by atoms with Gasteiger partial charge in [0.05, 0.1) is 5.97 Å². The van der Waals surface area contributed by atoms with E-state index in [1.54, 1.807) is 0 Å². The van der Waals surface area contributed by atoms with Gasteiger partial charge in [-0.15, -0.1) is 0 Å². The SMILES string of the molecule is CCCCCCCCCCCCCCCNCC(=O)[O-].[Na+]. The predicted molar refractivity (Wildman–Crippen MR) is 83.6 cm³/mol. The molecule has 0 atom stereocenters. The van der Waals surface area contributed by atoms with Gasteiger partial charge in [0.1, 0.15) is 0 Å². The van der Waals surface area contributed by atoms with E-state index >= 15 is 0 Å². The van der Waals surface area contributed by atoms with E-state index in [4.69, 9.17) is 0 Å². The fraction of sp³-hybridized carbons (Fsp3) is 0.941. The van der Waals surface area contributed by atoms with Gasteiger partial charge in [0.25, 0.3) is 0 Å². The van der Waals surface area contributed by atoms with Crippen molar-refractivity contribution in [2.45, 2.75) is 90.4 Å². The second kappa shape index (κ2) is 20.4. The molecule has 0 unspecified atom stereocenters. The molecule has 0 aliphatic carbocycles. The van der Waals surface area contributed by atoms with Crippen LogP contribution in [0, 0.1) is 0 Å². The van der Waals surface area contributed by atoms with Crippen molar-refractivity contribution >= 4 is 5.97 Å². The molecule has 0 aromatic carbocycles. The van der Waals surface area contributed by atoms with Crippen molar-refractivity contribution in [3.05, 3.63) is 0 Å². The third kappa shape index (κ3) is 22.8. The second-order valence-electron chi connectivity index (χ2n) is 5.79. The van der Waals surface area contributed by atoms with Crippen LogP contribution in [0.25, 0.3) is 0 Å². The average molecular weight is 307 g/mol. The molecule has 0 aromatic rings. The molecule has 0 rings (SSSR count). The number of aliphatic carboxylic acids is 1. The van der Waals surface area contributed by atoms with Gasteiger partial charge in [-0.3, -0.25) is 0 Å². The standard InChI is InChI=1S/C17H35NO2.Na/c1-2-3-4-5-6-7-8-9-10-11-12-13-14-15-18-16-17(19)20;/h18H,2-16H2,1H3,(H,19,20);/q;+1/p-1. The smallest absolute Gasteiger partial charge is 0.549 e. The quantitative estimate of drug-likeness (QED) is 0.332. The summed E-state index contributed by atoms with van der Waals surface area (Å²) >= 11 is 0. The van der Waals surface area contributed by atoms with E-state index in [0.29, 0.717) is 0 Å². The Balaban J connectivity index is 0. The summed E-state index contributed by atoms with van der Waals surface area (Å²) in [7, 11) is 0. The van der Waals surface area contributed by atoms with Gasteiger partial charge in [-0.25, -0.2) is 0 Å². The van der Waals surface area contributed by atoms with E-state index in [9.17, 15) is 9.90 Å². The number of carbonyl (C=O) groups is 1. The Morgan fingerprint density at radius 1 is 0.762 bits per heavy atom. The van der Waals surface area contributed by atoms with Gasteiger partial charge in [0, 0.05) is 6.54 Å². The maximum atomic E-state index is 10.2. The van der Waals surface area contributed by atoms with Crippen LogP contribution in [-0.4, -0.2) is 19.1 Å². The van der Waals surface area contributed by atoms with Crippen LogP contribution < -0.4 is 40.0 Å². The van der Waals surface area contributed by atoms with Crippen LogP contribution in [0.15, 0.2) is 0 Å². The number of rotatable bonds is 16. The van der Waals surface area contributed by atoms with Crippen molar-refractivity contribution in [3.8, 4) is 0 Å². The molecule has 4 heteroatoms. The maximum absolute atomic E-state index is 10.2. The Bertz CT molecular complexity index is 213. The van der Waals surface area contributed by atoms with Crippen molar-refractivity contribution in [1.29, 1.82) is 0 Å². The van der Waals surface area contributed by atoms with Gasteiger partial charge in [0.2, 0.25) is 0 Å². The van der Waals surface area contributed by atoms with Crippen molar-refractivity contribution in [3.63, 3.8) is 0 Å². The van der Waals surface area contributed by atoms with Crippen molar-refractivity contribution < 1.29 is 39.5 Å². The van der Waals surface area contributed by atoms with E-state index in [2.05, 4.69) is 12.2 Å². The van der Waals surface area contributed by atoms with Crippen molar-refractivity contribution in [1.82, 2.24) is 5.32 Å². The molecule has 0 saturated heterocycles. The Morgan fingerprint density at radius 2 is 1.14 bits per heavy atom. The van der Waals surface area contributed by atoms with Crippen LogP contribution in [0.4, 0.5) is 0 Å². The molecule has 0 aromatic heterocycles. The van der Waals surface area contributed by atoms with E-state index in [0.717, 1.165) is 13.0 Å². The molecule has 0 radical (unpaired) electrons. The zero-order chi connectivity index (χ0) is 14.9. The van der Waals surface area contributed by atoms with Gasteiger partial charge in [-0.1, -0.05) is 84.0 Å². The Morgan fingerprint density at radius 3 is 1.52 bits per heavy atom. The first-order valence-electron chi connectivity index (χ1n) is 8.68. The third-order valence-electron chi connectivity index (χ3n) is 3.73. The van der Waals surface area contributed by atoms with Crippen molar-refractivity contribution in [2.24, 2.45) is 0 Å². The van der Waals surface area contributed by atoms with E-state index in [-0.39, 0.29) is 36.1 Å². The number of unbranched alkanes of at least 4 members (excludes halogenated alkanes) is 12. The first kappa shape index (κ1) is 23.7. The summed E-state index contributed by atoms with van der Waals surface area (Å²) in [5.41, 5.74) is 0. The largest absolute Gasteiger partial charge is 1.00 e. The Labute approximate surface area is 153 Å². The van der Waals surface area contributed by atoms with E-state index in [1.807, 2.05) is 0 Å². The molecule has 0 fully saturated rings. The zero-order valence-electron chi connectivity index (χ0n) is 14.4. The molecule has 3 nitrogen and oxygen atoms in total. The number of carbonyl (C=O) groups excluding carboxylic acids is 1. The molecule has 0 aliphatic heterocycles. The molecule has 0 aliphatic rings.